The number of rotatable bonds is 7. The number of carbonyl (C=O) groups is 1. The van der Waals surface area contributed by atoms with E-state index >= 15 is 0 Å². The van der Waals surface area contributed by atoms with Crippen LogP contribution in [0.25, 0.3) is 21.5 Å². The number of nitrogens with zero attached hydrogens (tertiary/aromatic N) is 1. The Hall–Kier alpha value is -4.55. The molecule has 0 bridgehead atoms. The first-order valence-electron chi connectivity index (χ1n) is 11.5. The van der Waals surface area contributed by atoms with Crippen LogP contribution < -0.4 is 14.9 Å². The Labute approximate surface area is 218 Å². The molecule has 0 unspecified atom stereocenters. The van der Waals surface area contributed by atoms with Crippen LogP contribution in [0.1, 0.15) is 21.5 Å². The number of fused-ring (bicyclic) bond motifs is 2. The predicted octanol–water partition coefficient (Wildman–Crippen LogP) is 6.70. The van der Waals surface area contributed by atoms with E-state index in [1.807, 2.05) is 42.5 Å². The molecule has 7 heteroatoms. The average molecular weight is 511 g/mol. The molecule has 0 spiro atoms. The van der Waals surface area contributed by atoms with Crippen LogP contribution >= 0.6 is 11.6 Å². The number of phenols is 1. The zero-order valence-corrected chi connectivity index (χ0v) is 20.7. The number of halogens is 1. The smallest absolute Gasteiger partial charge is 0.275 e. The normalized spacial score (nSPS) is 11.2. The van der Waals surface area contributed by atoms with Crippen molar-refractivity contribution in [3.05, 3.63) is 113 Å². The molecule has 0 aromatic heterocycles. The number of ether oxygens (including phenoxy) is 2. The zero-order chi connectivity index (χ0) is 25.8. The van der Waals surface area contributed by atoms with E-state index in [2.05, 4.69) is 34.8 Å². The maximum absolute atomic E-state index is 12.6. The van der Waals surface area contributed by atoms with Gasteiger partial charge >= 0.3 is 0 Å². The molecule has 0 fully saturated rings. The van der Waals surface area contributed by atoms with E-state index in [-0.39, 0.29) is 11.3 Å². The molecule has 5 rings (SSSR count). The monoisotopic (exact) mass is 510 g/mol. The zero-order valence-electron chi connectivity index (χ0n) is 19.9. The van der Waals surface area contributed by atoms with Crippen molar-refractivity contribution < 1.29 is 19.4 Å². The van der Waals surface area contributed by atoms with Crippen LogP contribution in [0, 0.1) is 0 Å². The lowest BCUT2D eigenvalue weighted by Crippen LogP contribution is -2.17. The first-order chi connectivity index (χ1) is 18.0. The Kier molecular flexibility index (Phi) is 6.92. The van der Waals surface area contributed by atoms with Gasteiger partial charge in [0.15, 0.2) is 11.5 Å². The molecule has 0 aliphatic rings. The third-order valence-electron chi connectivity index (χ3n) is 5.94. The summed E-state index contributed by atoms with van der Waals surface area (Å²) in [5, 5.41) is 18.6. The maximum Gasteiger partial charge on any atom is 0.275 e. The topological polar surface area (TPSA) is 80.2 Å². The van der Waals surface area contributed by atoms with Gasteiger partial charge in [0.1, 0.15) is 12.4 Å². The highest BCUT2D eigenvalue weighted by Gasteiger charge is 2.14. The molecule has 1 amide bonds. The molecule has 0 radical (unpaired) electrons. The molecule has 0 heterocycles. The van der Waals surface area contributed by atoms with Gasteiger partial charge in [-0.1, -0.05) is 72.3 Å². The highest BCUT2D eigenvalue weighted by Crippen LogP contribution is 2.36. The van der Waals surface area contributed by atoms with Crippen LogP contribution in [-0.4, -0.2) is 24.3 Å². The van der Waals surface area contributed by atoms with Crippen molar-refractivity contribution in [2.24, 2.45) is 5.10 Å². The number of methoxy groups -OCH3 is 1. The number of carbonyl (C=O) groups excluding carboxylic acids is 1. The van der Waals surface area contributed by atoms with Crippen molar-refractivity contribution in [1.29, 1.82) is 0 Å². The van der Waals surface area contributed by atoms with Crippen LogP contribution in [0.4, 0.5) is 0 Å². The van der Waals surface area contributed by atoms with Crippen LogP contribution in [-0.2, 0) is 6.61 Å². The number of hydrogen-bond donors (Lipinski definition) is 2. The number of benzene rings is 5. The Morgan fingerprint density at radius 3 is 2.32 bits per heavy atom. The maximum atomic E-state index is 12.6. The van der Waals surface area contributed by atoms with Crippen LogP contribution in [0.3, 0.4) is 0 Å². The van der Waals surface area contributed by atoms with Gasteiger partial charge in [0.05, 0.1) is 23.9 Å². The summed E-state index contributed by atoms with van der Waals surface area (Å²) in [5.41, 5.74) is 4.17. The highest BCUT2D eigenvalue weighted by atomic mass is 35.5. The molecule has 2 N–H and O–H groups in total. The first-order valence-corrected chi connectivity index (χ1v) is 11.9. The second-order valence-electron chi connectivity index (χ2n) is 8.42. The molecule has 0 saturated heterocycles. The van der Waals surface area contributed by atoms with Crippen LogP contribution in [0.2, 0.25) is 5.02 Å². The molecule has 0 atom stereocenters. The van der Waals surface area contributed by atoms with E-state index in [0.29, 0.717) is 28.7 Å². The lowest BCUT2D eigenvalue weighted by atomic mass is 10.1. The van der Waals surface area contributed by atoms with Crippen molar-refractivity contribution in [1.82, 2.24) is 5.43 Å². The summed E-state index contributed by atoms with van der Waals surface area (Å²) in [6.45, 7) is 0.319. The number of hydrazone groups is 1. The van der Waals surface area contributed by atoms with Gasteiger partial charge in [-0.25, -0.2) is 5.43 Å². The fourth-order valence-electron chi connectivity index (χ4n) is 4.07. The van der Waals surface area contributed by atoms with E-state index in [9.17, 15) is 9.90 Å². The standard InChI is InChI=1S/C30H23ClN2O4/c1-36-28-14-20(17-32-33-30(35)25-15-23-8-4-5-9-24(23)16-27(25)34)13-26(31)29(28)37-18-19-10-11-21-6-2-3-7-22(21)12-19/h2-17,34H,18H2,1H3,(H,33,35). The Balaban J connectivity index is 1.29. The van der Waals surface area contributed by atoms with Crippen LogP contribution in [0.5, 0.6) is 17.2 Å². The van der Waals surface area contributed by atoms with Gasteiger partial charge in [-0.05, 0) is 63.0 Å². The summed E-state index contributed by atoms with van der Waals surface area (Å²) in [4.78, 5) is 12.6. The molecular weight excluding hydrogens is 488 g/mol. The first kappa shape index (κ1) is 24.2. The molecule has 5 aromatic rings. The molecule has 184 valence electrons. The SMILES string of the molecule is COc1cc(C=NNC(=O)c2cc3ccccc3cc2O)cc(Cl)c1OCc1ccc2ccccc2c1. The number of phenolic OH excluding ortho intramolecular Hbond substituents is 1. The summed E-state index contributed by atoms with van der Waals surface area (Å²) in [7, 11) is 1.53. The number of amides is 1. The van der Waals surface area contributed by atoms with Gasteiger partial charge in [0.25, 0.3) is 5.91 Å². The lowest BCUT2D eigenvalue weighted by Gasteiger charge is -2.13. The van der Waals surface area contributed by atoms with Gasteiger partial charge in [0.2, 0.25) is 0 Å². The molecule has 0 aliphatic carbocycles. The van der Waals surface area contributed by atoms with Gasteiger partial charge in [-0.3, -0.25) is 4.79 Å². The molecule has 0 saturated carbocycles. The van der Waals surface area contributed by atoms with Gasteiger partial charge in [-0.2, -0.15) is 5.10 Å². The highest BCUT2D eigenvalue weighted by molar-refractivity contribution is 6.32. The van der Waals surface area contributed by atoms with Crippen molar-refractivity contribution in [3.63, 3.8) is 0 Å². The predicted molar refractivity (Wildman–Crippen MR) is 147 cm³/mol. The van der Waals surface area contributed by atoms with E-state index in [1.54, 1.807) is 24.3 Å². The number of aromatic hydroxyl groups is 1. The molecule has 37 heavy (non-hydrogen) atoms. The van der Waals surface area contributed by atoms with Gasteiger partial charge in [-0.15, -0.1) is 0 Å². The molecule has 5 aromatic carbocycles. The minimum Gasteiger partial charge on any atom is -0.507 e. The summed E-state index contributed by atoms with van der Waals surface area (Å²) < 4.78 is 11.5. The largest absolute Gasteiger partial charge is 0.507 e. The Morgan fingerprint density at radius 2 is 1.59 bits per heavy atom. The summed E-state index contributed by atoms with van der Waals surface area (Å²) in [6, 6.07) is 28.3. The lowest BCUT2D eigenvalue weighted by molar-refractivity contribution is 0.0952. The molecule has 0 aliphatic heterocycles. The van der Waals surface area contributed by atoms with Crippen molar-refractivity contribution >= 4 is 45.3 Å². The summed E-state index contributed by atoms with van der Waals surface area (Å²) in [6.07, 6.45) is 1.44. The second kappa shape index (κ2) is 10.6. The van der Waals surface area contributed by atoms with Gasteiger partial charge < -0.3 is 14.6 Å². The minimum absolute atomic E-state index is 0.121. The van der Waals surface area contributed by atoms with E-state index in [1.165, 1.54) is 13.3 Å². The van der Waals surface area contributed by atoms with Crippen molar-refractivity contribution in [3.8, 4) is 17.2 Å². The van der Waals surface area contributed by atoms with E-state index in [0.717, 1.165) is 27.1 Å². The Bertz CT molecular complexity index is 1650. The van der Waals surface area contributed by atoms with E-state index in [4.69, 9.17) is 21.1 Å². The third kappa shape index (κ3) is 5.34. The van der Waals surface area contributed by atoms with E-state index < -0.39 is 5.91 Å². The van der Waals surface area contributed by atoms with Crippen molar-refractivity contribution in [2.75, 3.05) is 7.11 Å². The second-order valence-corrected chi connectivity index (χ2v) is 8.83. The van der Waals surface area contributed by atoms with Gasteiger partial charge in [0, 0.05) is 0 Å². The summed E-state index contributed by atoms with van der Waals surface area (Å²) in [5.74, 6) is 0.199. The number of hydrogen-bond acceptors (Lipinski definition) is 5. The van der Waals surface area contributed by atoms with Crippen molar-refractivity contribution in [2.45, 2.75) is 6.61 Å². The minimum atomic E-state index is -0.534. The Morgan fingerprint density at radius 1 is 0.919 bits per heavy atom. The number of nitrogens with one attached hydrogen (secondary N) is 1. The fourth-order valence-corrected chi connectivity index (χ4v) is 4.35. The van der Waals surface area contributed by atoms with Crippen LogP contribution in [0.15, 0.2) is 96.1 Å². The average Bonchev–Trinajstić information content (AvgIpc) is 2.91. The summed E-state index contributed by atoms with van der Waals surface area (Å²) >= 11 is 6.50. The third-order valence-corrected chi connectivity index (χ3v) is 6.22. The molecule has 6 nitrogen and oxygen atoms in total. The fraction of sp³-hybridized carbons (Fsp3) is 0.0667. The quantitative estimate of drug-likeness (QED) is 0.188. The molecular formula is C30H23ClN2O4.